The lowest BCUT2D eigenvalue weighted by Crippen LogP contribution is -2.29. The van der Waals surface area contributed by atoms with Crippen LogP contribution < -0.4 is 22.9 Å². The first-order chi connectivity index (χ1) is 5.68. The highest BCUT2D eigenvalue weighted by Gasteiger charge is 1.90. The highest BCUT2D eigenvalue weighted by Crippen LogP contribution is 1.97. The third kappa shape index (κ3) is 22.5. The van der Waals surface area contributed by atoms with Gasteiger partial charge in [0.2, 0.25) is 0 Å². The van der Waals surface area contributed by atoms with Gasteiger partial charge in [-0.1, -0.05) is 26.2 Å². The fourth-order valence-electron chi connectivity index (χ4n) is 0.630. The predicted molar refractivity (Wildman–Crippen MR) is 54.4 cm³/mol. The summed E-state index contributed by atoms with van der Waals surface area (Å²) < 4.78 is 0. The van der Waals surface area contributed by atoms with Crippen LogP contribution in [-0.4, -0.2) is 19.3 Å². The van der Waals surface area contributed by atoms with Gasteiger partial charge in [0.1, 0.15) is 0 Å². The Balaban J connectivity index is 0. The Labute approximate surface area is 75.7 Å². The van der Waals surface area contributed by atoms with E-state index >= 15 is 0 Å². The quantitative estimate of drug-likeness (QED) is 0.341. The third-order valence-corrected chi connectivity index (χ3v) is 1.31. The molecule has 8 N–H and O–H groups in total. The molecule has 4 heteroatoms. The minimum absolute atomic E-state index is 0.0958. The molecule has 0 bridgehead atoms. The Bertz CT molecular complexity index is 64.1. The van der Waals surface area contributed by atoms with Gasteiger partial charge in [-0.05, 0) is 6.42 Å². The molecule has 0 saturated heterocycles. The van der Waals surface area contributed by atoms with Gasteiger partial charge in [0, 0.05) is 13.1 Å². The number of nitrogens with two attached hydrogens (primary N) is 4. The summed E-state index contributed by atoms with van der Waals surface area (Å²) in [7, 11) is 0. The topological polar surface area (TPSA) is 104 Å². The van der Waals surface area contributed by atoms with Crippen LogP contribution in [0.25, 0.3) is 0 Å². The smallest absolute Gasteiger partial charge is 0.0520 e. The van der Waals surface area contributed by atoms with Crippen LogP contribution in [-0.2, 0) is 0 Å². The normalized spacial score (nSPS) is 9.50. The van der Waals surface area contributed by atoms with Crippen LogP contribution >= 0.6 is 0 Å². The van der Waals surface area contributed by atoms with Gasteiger partial charge in [-0.15, -0.1) is 0 Å². The highest BCUT2D eigenvalue weighted by atomic mass is 14.8. The van der Waals surface area contributed by atoms with Crippen molar-refractivity contribution in [1.29, 1.82) is 0 Å². The summed E-state index contributed by atoms with van der Waals surface area (Å²) in [4.78, 5) is 0. The minimum atomic E-state index is -0.0958. The molecule has 76 valence electrons. The van der Waals surface area contributed by atoms with E-state index in [1.165, 1.54) is 19.3 Å². The maximum absolute atomic E-state index is 5.31. The fourth-order valence-corrected chi connectivity index (χ4v) is 0.630. The Morgan fingerprint density at radius 1 is 1.00 bits per heavy atom. The van der Waals surface area contributed by atoms with Crippen LogP contribution in [0.2, 0.25) is 0 Å². The summed E-state index contributed by atoms with van der Waals surface area (Å²) in [5, 5.41) is 0. The van der Waals surface area contributed by atoms with E-state index in [4.69, 9.17) is 22.9 Å². The van der Waals surface area contributed by atoms with E-state index < -0.39 is 0 Å². The van der Waals surface area contributed by atoms with Gasteiger partial charge in [0.15, 0.2) is 0 Å². The molecule has 0 unspecified atom stereocenters. The van der Waals surface area contributed by atoms with E-state index in [1.807, 2.05) is 0 Å². The van der Waals surface area contributed by atoms with Crippen molar-refractivity contribution < 1.29 is 0 Å². The molecule has 0 aromatic rings. The SMILES string of the molecule is CCCCCC(N)N.NCCN. The minimum Gasteiger partial charge on any atom is -0.329 e. The molecule has 0 heterocycles. The highest BCUT2D eigenvalue weighted by molar-refractivity contribution is 4.49. The van der Waals surface area contributed by atoms with Crippen molar-refractivity contribution in [2.24, 2.45) is 22.9 Å². The van der Waals surface area contributed by atoms with Crippen molar-refractivity contribution in [3.05, 3.63) is 0 Å². The van der Waals surface area contributed by atoms with Crippen molar-refractivity contribution in [3.63, 3.8) is 0 Å². The van der Waals surface area contributed by atoms with Crippen molar-refractivity contribution in [2.75, 3.05) is 13.1 Å². The van der Waals surface area contributed by atoms with E-state index in [0.29, 0.717) is 13.1 Å². The molecule has 0 amide bonds. The molecule has 0 aromatic heterocycles. The van der Waals surface area contributed by atoms with Gasteiger partial charge in [-0.25, -0.2) is 0 Å². The van der Waals surface area contributed by atoms with Crippen LogP contribution in [0.5, 0.6) is 0 Å². The van der Waals surface area contributed by atoms with Gasteiger partial charge < -0.3 is 22.9 Å². The molecule has 0 rings (SSSR count). The van der Waals surface area contributed by atoms with E-state index in [1.54, 1.807) is 0 Å². The van der Waals surface area contributed by atoms with Crippen molar-refractivity contribution in [2.45, 2.75) is 38.8 Å². The average Bonchev–Trinajstić information content (AvgIpc) is 2.05. The Kier molecular flexibility index (Phi) is 16.1. The van der Waals surface area contributed by atoms with E-state index in [-0.39, 0.29) is 6.17 Å². The van der Waals surface area contributed by atoms with Crippen molar-refractivity contribution in [1.82, 2.24) is 0 Å². The zero-order chi connectivity index (χ0) is 9.82. The summed E-state index contributed by atoms with van der Waals surface area (Å²) in [6, 6.07) is 0. The molecule has 12 heavy (non-hydrogen) atoms. The second-order valence-electron chi connectivity index (χ2n) is 2.74. The first-order valence-corrected chi connectivity index (χ1v) is 4.60. The molecule has 4 nitrogen and oxygen atoms in total. The first kappa shape index (κ1) is 14.4. The summed E-state index contributed by atoms with van der Waals surface area (Å²) in [6.07, 6.45) is 4.54. The number of hydrogen-bond donors (Lipinski definition) is 4. The molecule has 0 aromatic carbocycles. The van der Waals surface area contributed by atoms with E-state index in [9.17, 15) is 0 Å². The summed E-state index contributed by atoms with van der Waals surface area (Å²) >= 11 is 0. The molecule has 0 aliphatic rings. The standard InChI is InChI=1S/C6H16N2.C2H8N2/c1-2-3-4-5-6(7)8;3-1-2-4/h6H,2-5,7-8H2,1H3;1-4H2. The number of unbranched alkanes of at least 4 members (excludes halogenated alkanes) is 2. The fraction of sp³-hybridized carbons (Fsp3) is 1.00. The molecule has 0 radical (unpaired) electrons. The molecule has 0 aliphatic carbocycles. The Hall–Kier alpha value is -0.160. The maximum atomic E-state index is 5.31. The van der Waals surface area contributed by atoms with Crippen LogP contribution in [0, 0.1) is 0 Å². The first-order valence-electron chi connectivity index (χ1n) is 4.60. The van der Waals surface area contributed by atoms with Gasteiger partial charge >= 0.3 is 0 Å². The molecule has 0 saturated carbocycles. The largest absolute Gasteiger partial charge is 0.329 e. The van der Waals surface area contributed by atoms with E-state index in [0.717, 1.165) is 6.42 Å². The zero-order valence-corrected chi connectivity index (χ0v) is 8.13. The van der Waals surface area contributed by atoms with Crippen LogP contribution in [0.3, 0.4) is 0 Å². The van der Waals surface area contributed by atoms with Crippen LogP contribution in [0.1, 0.15) is 32.6 Å². The maximum Gasteiger partial charge on any atom is 0.0520 e. The predicted octanol–water partition coefficient (Wildman–Crippen LogP) is -0.286. The van der Waals surface area contributed by atoms with Crippen molar-refractivity contribution in [3.8, 4) is 0 Å². The molecule has 0 aliphatic heterocycles. The molecule has 0 atom stereocenters. The second-order valence-corrected chi connectivity index (χ2v) is 2.74. The van der Waals surface area contributed by atoms with Crippen molar-refractivity contribution >= 4 is 0 Å². The van der Waals surface area contributed by atoms with Gasteiger partial charge in [0.25, 0.3) is 0 Å². The summed E-state index contributed by atoms with van der Waals surface area (Å²) in [5.41, 5.74) is 20.4. The number of hydrogen-bond acceptors (Lipinski definition) is 4. The molecule has 0 fully saturated rings. The average molecular weight is 176 g/mol. The second kappa shape index (κ2) is 13.4. The third-order valence-electron chi connectivity index (χ3n) is 1.31. The number of rotatable bonds is 5. The lowest BCUT2D eigenvalue weighted by atomic mass is 10.2. The van der Waals surface area contributed by atoms with Gasteiger partial charge in [-0.2, -0.15) is 0 Å². The summed E-state index contributed by atoms with van der Waals surface area (Å²) in [5.74, 6) is 0. The summed E-state index contributed by atoms with van der Waals surface area (Å²) in [6.45, 7) is 3.36. The Morgan fingerprint density at radius 3 is 1.75 bits per heavy atom. The van der Waals surface area contributed by atoms with Crippen LogP contribution in [0.15, 0.2) is 0 Å². The molecule has 0 spiro atoms. The van der Waals surface area contributed by atoms with Gasteiger partial charge in [-0.3, -0.25) is 0 Å². The molecular formula is C8H24N4. The van der Waals surface area contributed by atoms with E-state index in [2.05, 4.69) is 6.92 Å². The zero-order valence-electron chi connectivity index (χ0n) is 8.13. The van der Waals surface area contributed by atoms with Crippen LogP contribution in [0.4, 0.5) is 0 Å². The monoisotopic (exact) mass is 176 g/mol. The van der Waals surface area contributed by atoms with Gasteiger partial charge in [0.05, 0.1) is 6.17 Å². The Morgan fingerprint density at radius 2 is 1.50 bits per heavy atom. The lowest BCUT2D eigenvalue weighted by Gasteiger charge is -2.01. The lowest BCUT2D eigenvalue weighted by molar-refractivity contribution is 0.575. The molecular weight excluding hydrogens is 152 g/mol.